The molecule has 0 aliphatic carbocycles. The molecule has 3 heterocycles. The van der Waals surface area contributed by atoms with Gasteiger partial charge in [0.1, 0.15) is 16.9 Å². The Labute approximate surface area is 167 Å². The number of hydrogen-bond acceptors (Lipinski definition) is 4. The normalized spacial score (nSPS) is 12.7. The highest BCUT2D eigenvalue weighted by Crippen LogP contribution is 2.36. The molecule has 0 aliphatic rings. The van der Waals surface area contributed by atoms with Crippen molar-refractivity contribution in [3.63, 3.8) is 0 Å². The predicted molar refractivity (Wildman–Crippen MR) is 112 cm³/mol. The van der Waals surface area contributed by atoms with Crippen LogP contribution in [0.15, 0.2) is 60.8 Å². The number of aromatic nitrogens is 4. The topological polar surface area (TPSA) is 61.4 Å². The average molecular weight is 384 g/mol. The molecule has 0 N–H and O–H groups in total. The van der Waals surface area contributed by atoms with E-state index in [2.05, 4.69) is 23.6 Å². The van der Waals surface area contributed by atoms with Gasteiger partial charge in [-0.05, 0) is 31.5 Å². The van der Waals surface area contributed by atoms with Gasteiger partial charge in [0.15, 0.2) is 11.4 Å². The summed E-state index contributed by atoms with van der Waals surface area (Å²) in [6.45, 7) is 5.48. The highest BCUT2D eigenvalue weighted by Gasteiger charge is 2.23. The van der Waals surface area contributed by atoms with Crippen LogP contribution >= 0.6 is 0 Å². The minimum Gasteiger partial charge on any atom is -0.424 e. The van der Waals surface area contributed by atoms with Crippen molar-refractivity contribution >= 4 is 33.7 Å². The van der Waals surface area contributed by atoms with E-state index in [0.717, 1.165) is 39.1 Å². The van der Waals surface area contributed by atoms with Gasteiger partial charge in [-0.25, -0.2) is 9.97 Å². The SMILES string of the molecule is CC(=O)Oc1cn([C@@H](C)c2ccccc2)c2nc(C)n3c4ccccc4nc3c12. The van der Waals surface area contributed by atoms with Crippen molar-refractivity contribution in [2.45, 2.75) is 26.8 Å². The van der Waals surface area contributed by atoms with Gasteiger partial charge < -0.3 is 9.30 Å². The summed E-state index contributed by atoms with van der Waals surface area (Å²) in [6, 6.07) is 18.1. The number of ether oxygens (including phenoxy) is 1. The maximum absolute atomic E-state index is 11.8. The number of nitrogens with zero attached hydrogens (tertiary/aromatic N) is 4. The quantitative estimate of drug-likeness (QED) is 0.424. The molecule has 144 valence electrons. The molecule has 2 aromatic carbocycles. The summed E-state index contributed by atoms with van der Waals surface area (Å²) in [5.41, 5.74) is 4.49. The van der Waals surface area contributed by atoms with Gasteiger partial charge in [-0.1, -0.05) is 42.5 Å². The summed E-state index contributed by atoms with van der Waals surface area (Å²) >= 11 is 0. The number of para-hydroxylation sites is 2. The van der Waals surface area contributed by atoms with Gasteiger partial charge in [0.05, 0.1) is 23.3 Å². The lowest BCUT2D eigenvalue weighted by Gasteiger charge is -2.15. The summed E-state index contributed by atoms with van der Waals surface area (Å²) in [5, 5.41) is 0.741. The monoisotopic (exact) mass is 384 g/mol. The molecule has 0 saturated carbocycles. The van der Waals surface area contributed by atoms with Crippen LogP contribution in [0.2, 0.25) is 0 Å². The van der Waals surface area contributed by atoms with Crippen LogP contribution in [0.4, 0.5) is 0 Å². The Hall–Kier alpha value is -3.67. The van der Waals surface area contributed by atoms with E-state index >= 15 is 0 Å². The standard InChI is InChI=1S/C23H20N4O2/c1-14(17-9-5-4-6-10-17)26-13-20(29-16(3)28)21-22(26)24-15(2)27-19-12-8-7-11-18(19)25-23(21)27/h4-14H,1-3H3/t14-/m0/s1. The minimum atomic E-state index is -0.369. The molecule has 0 radical (unpaired) electrons. The second-order valence-electron chi connectivity index (χ2n) is 7.20. The van der Waals surface area contributed by atoms with Crippen LogP contribution in [-0.2, 0) is 4.79 Å². The Balaban J connectivity index is 1.87. The predicted octanol–water partition coefficient (Wildman–Crippen LogP) is 4.68. The van der Waals surface area contributed by atoms with Crippen molar-refractivity contribution < 1.29 is 9.53 Å². The van der Waals surface area contributed by atoms with Crippen LogP contribution in [0, 0.1) is 6.92 Å². The Bertz CT molecular complexity index is 1380. The number of carbonyl (C=O) groups is 1. The summed E-state index contributed by atoms with van der Waals surface area (Å²) in [5.74, 6) is 0.935. The molecule has 0 aliphatic heterocycles. The molecule has 0 unspecified atom stereocenters. The van der Waals surface area contributed by atoms with E-state index in [1.54, 1.807) is 0 Å². The number of fused-ring (bicyclic) bond motifs is 5. The van der Waals surface area contributed by atoms with E-state index in [1.807, 2.05) is 60.0 Å². The van der Waals surface area contributed by atoms with E-state index in [0.29, 0.717) is 5.75 Å². The van der Waals surface area contributed by atoms with Crippen molar-refractivity contribution in [2.75, 3.05) is 0 Å². The van der Waals surface area contributed by atoms with Crippen molar-refractivity contribution in [2.24, 2.45) is 0 Å². The Morgan fingerprint density at radius 3 is 2.48 bits per heavy atom. The lowest BCUT2D eigenvalue weighted by Crippen LogP contribution is -2.07. The summed E-state index contributed by atoms with van der Waals surface area (Å²) in [6.07, 6.45) is 1.86. The largest absolute Gasteiger partial charge is 0.424 e. The highest BCUT2D eigenvalue weighted by molar-refractivity contribution is 6.00. The number of carbonyl (C=O) groups excluding carboxylic acids is 1. The first kappa shape index (κ1) is 17.4. The van der Waals surface area contributed by atoms with E-state index in [4.69, 9.17) is 14.7 Å². The zero-order valence-corrected chi connectivity index (χ0v) is 16.5. The summed E-state index contributed by atoms with van der Waals surface area (Å²) in [7, 11) is 0. The van der Waals surface area contributed by atoms with Crippen molar-refractivity contribution in [3.8, 4) is 5.75 Å². The van der Waals surface area contributed by atoms with Crippen LogP contribution in [0.5, 0.6) is 5.75 Å². The van der Waals surface area contributed by atoms with Gasteiger partial charge in [0, 0.05) is 6.92 Å². The van der Waals surface area contributed by atoms with Crippen LogP contribution < -0.4 is 4.74 Å². The lowest BCUT2D eigenvalue weighted by atomic mass is 10.1. The van der Waals surface area contributed by atoms with E-state index in [-0.39, 0.29) is 12.0 Å². The van der Waals surface area contributed by atoms with Crippen LogP contribution in [0.1, 0.15) is 31.3 Å². The molecule has 29 heavy (non-hydrogen) atoms. The smallest absolute Gasteiger partial charge is 0.308 e. The number of imidazole rings is 1. The fourth-order valence-corrected chi connectivity index (χ4v) is 3.96. The first-order valence-electron chi connectivity index (χ1n) is 9.56. The molecule has 6 nitrogen and oxygen atoms in total. The molecule has 1 atom stereocenters. The van der Waals surface area contributed by atoms with Gasteiger partial charge in [0.2, 0.25) is 0 Å². The maximum Gasteiger partial charge on any atom is 0.308 e. The summed E-state index contributed by atoms with van der Waals surface area (Å²) < 4.78 is 9.65. The summed E-state index contributed by atoms with van der Waals surface area (Å²) in [4.78, 5) is 21.5. The van der Waals surface area contributed by atoms with Gasteiger partial charge >= 0.3 is 5.97 Å². The fourth-order valence-electron chi connectivity index (χ4n) is 3.96. The minimum absolute atomic E-state index is 0.0155. The van der Waals surface area contributed by atoms with Gasteiger partial charge in [-0.3, -0.25) is 9.20 Å². The Kier molecular flexibility index (Phi) is 3.87. The van der Waals surface area contributed by atoms with Crippen molar-refractivity contribution in [3.05, 3.63) is 72.2 Å². The van der Waals surface area contributed by atoms with Crippen LogP contribution in [0.3, 0.4) is 0 Å². The Morgan fingerprint density at radius 2 is 1.72 bits per heavy atom. The molecule has 3 aromatic heterocycles. The number of rotatable bonds is 3. The molecule has 6 heteroatoms. The molecule has 0 saturated heterocycles. The first-order valence-corrected chi connectivity index (χ1v) is 9.56. The third kappa shape index (κ3) is 2.68. The third-order valence-electron chi connectivity index (χ3n) is 5.30. The fraction of sp³-hybridized carbons (Fsp3) is 0.174. The zero-order chi connectivity index (χ0) is 20.1. The van der Waals surface area contributed by atoms with Gasteiger partial charge in [-0.2, -0.15) is 0 Å². The van der Waals surface area contributed by atoms with Gasteiger partial charge in [0.25, 0.3) is 0 Å². The second-order valence-corrected chi connectivity index (χ2v) is 7.20. The average Bonchev–Trinajstić information content (AvgIpc) is 3.26. The molecular formula is C23H20N4O2. The first-order chi connectivity index (χ1) is 14.0. The van der Waals surface area contributed by atoms with Crippen LogP contribution in [-0.4, -0.2) is 24.9 Å². The van der Waals surface area contributed by atoms with E-state index < -0.39 is 0 Å². The molecule has 0 spiro atoms. The van der Waals surface area contributed by atoms with E-state index in [1.165, 1.54) is 6.92 Å². The molecule has 5 aromatic rings. The number of benzene rings is 2. The maximum atomic E-state index is 11.8. The second kappa shape index (κ2) is 6.44. The highest BCUT2D eigenvalue weighted by atomic mass is 16.5. The van der Waals surface area contributed by atoms with E-state index in [9.17, 15) is 4.79 Å². The lowest BCUT2D eigenvalue weighted by molar-refractivity contribution is -0.131. The number of aryl methyl sites for hydroxylation is 1. The number of hydrogen-bond donors (Lipinski definition) is 0. The molecule has 0 bridgehead atoms. The van der Waals surface area contributed by atoms with Gasteiger partial charge in [-0.15, -0.1) is 0 Å². The molecule has 0 fully saturated rings. The third-order valence-corrected chi connectivity index (χ3v) is 5.30. The molecule has 5 rings (SSSR count). The van der Waals surface area contributed by atoms with Crippen molar-refractivity contribution in [1.82, 2.24) is 18.9 Å². The van der Waals surface area contributed by atoms with Crippen molar-refractivity contribution in [1.29, 1.82) is 0 Å². The Morgan fingerprint density at radius 1 is 1.00 bits per heavy atom. The molecular weight excluding hydrogens is 364 g/mol. The molecule has 0 amide bonds. The van der Waals surface area contributed by atoms with Crippen LogP contribution in [0.25, 0.3) is 27.7 Å². The zero-order valence-electron chi connectivity index (χ0n) is 16.5. The number of esters is 1.